The van der Waals surface area contributed by atoms with Crippen LogP contribution in [0.3, 0.4) is 0 Å². The molecule has 1 aliphatic rings. The first-order valence-electron chi connectivity index (χ1n) is 10.7. The van der Waals surface area contributed by atoms with Crippen molar-refractivity contribution in [2.75, 3.05) is 53.2 Å². The summed E-state index contributed by atoms with van der Waals surface area (Å²) in [7, 11) is 1.77. The summed E-state index contributed by atoms with van der Waals surface area (Å²) < 4.78 is 22.6. The quantitative estimate of drug-likeness (QED) is 0.257. The second-order valence-corrected chi connectivity index (χ2v) is 7.02. The molecule has 30 heavy (non-hydrogen) atoms. The van der Waals surface area contributed by atoms with E-state index in [-0.39, 0.29) is 29.6 Å². The number of halogens is 1. The van der Waals surface area contributed by atoms with Gasteiger partial charge in [-0.05, 0) is 44.9 Å². The Hall–Kier alpha value is -1.26. The maximum Gasteiger partial charge on any atom is 0.191 e. The highest BCUT2D eigenvalue weighted by Gasteiger charge is 2.32. The van der Waals surface area contributed by atoms with Gasteiger partial charge in [-0.3, -0.25) is 4.99 Å². The van der Waals surface area contributed by atoms with Crippen molar-refractivity contribution >= 4 is 29.9 Å². The predicted molar refractivity (Wildman–Crippen MR) is 132 cm³/mol. The van der Waals surface area contributed by atoms with E-state index in [2.05, 4.69) is 29.7 Å². The molecule has 0 aliphatic carbocycles. The SMILES string of the molecule is CCNC(=NCC1(OC)CCOCC1)NCCc1ccc(OCC)c(OCC)c1.I. The Morgan fingerprint density at radius 2 is 1.77 bits per heavy atom. The topological polar surface area (TPSA) is 73.3 Å². The summed E-state index contributed by atoms with van der Waals surface area (Å²) in [6, 6.07) is 6.12. The molecule has 0 spiro atoms. The van der Waals surface area contributed by atoms with E-state index in [1.165, 1.54) is 5.56 Å². The molecule has 0 atom stereocenters. The molecule has 1 fully saturated rings. The summed E-state index contributed by atoms with van der Waals surface area (Å²) in [6.45, 7) is 10.9. The average Bonchev–Trinajstić information content (AvgIpc) is 2.75. The van der Waals surface area contributed by atoms with Crippen molar-refractivity contribution in [2.45, 2.75) is 45.6 Å². The van der Waals surface area contributed by atoms with Crippen molar-refractivity contribution in [1.29, 1.82) is 0 Å². The van der Waals surface area contributed by atoms with Crippen LogP contribution in [0.15, 0.2) is 23.2 Å². The van der Waals surface area contributed by atoms with Crippen LogP contribution >= 0.6 is 24.0 Å². The third-order valence-corrected chi connectivity index (χ3v) is 5.02. The summed E-state index contributed by atoms with van der Waals surface area (Å²) in [4.78, 5) is 4.77. The van der Waals surface area contributed by atoms with E-state index in [1.54, 1.807) is 7.11 Å². The van der Waals surface area contributed by atoms with Crippen LogP contribution in [-0.4, -0.2) is 64.7 Å². The number of hydrogen-bond acceptors (Lipinski definition) is 5. The van der Waals surface area contributed by atoms with Crippen LogP contribution in [0.25, 0.3) is 0 Å². The first-order valence-corrected chi connectivity index (χ1v) is 10.7. The molecule has 1 aromatic carbocycles. The van der Waals surface area contributed by atoms with E-state index in [9.17, 15) is 0 Å². The number of benzene rings is 1. The second kappa shape index (κ2) is 14.7. The van der Waals surface area contributed by atoms with E-state index >= 15 is 0 Å². The summed E-state index contributed by atoms with van der Waals surface area (Å²) >= 11 is 0. The van der Waals surface area contributed by atoms with Gasteiger partial charge >= 0.3 is 0 Å². The minimum absolute atomic E-state index is 0. The fourth-order valence-electron chi connectivity index (χ4n) is 3.31. The van der Waals surface area contributed by atoms with Gasteiger partial charge in [-0.2, -0.15) is 0 Å². The molecule has 2 N–H and O–H groups in total. The molecule has 0 aromatic heterocycles. The Kier molecular flexibility index (Phi) is 13.1. The Balaban J connectivity index is 0.00000450. The Morgan fingerprint density at radius 3 is 2.40 bits per heavy atom. The zero-order valence-corrected chi connectivity index (χ0v) is 21.1. The van der Waals surface area contributed by atoms with Gasteiger partial charge in [0.2, 0.25) is 0 Å². The third-order valence-electron chi connectivity index (χ3n) is 5.02. The second-order valence-electron chi connectivity index (χ2n) is 7.02. The molecule has 0 unspecified atom stereocenters. The van der Waals surface area contributed by atoms with E-state index in [1.807, 2.05) is 19.9 Å². The third kappa shape index (κ3) is 8.47. The molecule has 1 saturated heterocycles. The van der Waals surface area contributed by atoms with Crippen molar-refractivity contribution in [3.05, 3.63) is 23.8 Å². The van der Waals surface area contributed by atoms with Crippen molar-refractivity contribution in [3.8, 4) is 11.5 Å². The molecule has 172 valence electrons. The molecule has 2 rings (SSSR count). The monoisotopic (exact) mass is 535 g/mol. The summed E-state index contributed by atoms with van der Waals surface area (Å²) in [6.07, 6.45) is 2.61. The van der Waals surface area contributed by atoms with Gasteiger partial charge in [0.1, 0.15) is 0 Å². The van der Waals surface area contributed by atoms with E-state index in [4.69, 9.17) is 23.9 Å². The van der Waals surface area contributed by atoms with Crippen LogP contribution in [0.2, 0.25) is 0 Å². The maximum atomic E-state index is 5.78. The molecular formula is C22H38IN3O4. The lowest BCUT2D eigenvalue weighted by Crippen LogP contribution is -2.44. The number of rotatable bonds is 11. The highest BCUT2D eigenvalue weighted by Crippen LogP contribution is 2.28. The van der Waals surface area contributed by atoms with Gasteiger partial charge in [-0.15, -0.1) is 24.0 Å². The van der Waals surface area contributed by atoms with Crippen LogP contribution in [0, 0.1) is 0 Å². The van der Waals surface area contributed by atoms with Crippen molar-refractivity contribution in [1.82, 2.24) is 10.6 Å². The van der Waals surface area contributed by atoms with Gasteiger partial charge < -0.3 is 29.6 Å². The van der Waals surface area contributed by atoms with Gasteiger partial charge in [0, 0.05) is 46.3 Å². The zero-order chi connectivity index (χ0) is 21.0. The molecule has 0 radical (unpaired) electrons. The zero-order valence-electron chi connectivity index (χ0n) is 18.8. The van der Waals surface area contributed by atoms with Gasteiger partial charge in [0.05, 0.1) is 25.4 Å². The van der Waals surface area contributed by atoms with Crippen LogP contribution in [0.1, 0.15) is 39.2 Å². The molecule has 1 aromatic rings. The molecule has 7 nitrogen and oxygen atoms in total. The molecule has 0 saturated carbocycles. The molecule has 1 heterocycles. The first-order chi connectivity index (χ1) is 14.2. The van der Waals surface area contributed by atoms with Crippen LogP contribution in [0.4, 0.5) is 0 Å². The Bertz CT molecular complexity index is 637. The number of guanidine groups is 1. The van der Waals surface area contributed by atoms with Crippen LogP contribution in [-0.2, 0) is 15.9 Å². The average molecular weight is 535 g/mol. The molecular weight excluding hydrogens is 497 g/mol. The highest BCUT2D eigenvalue weighted by molar-refractivity contribution is 14.0. The minimum Gasteiger partial charge on any atom is -0.490 e. The number of nitrogens with zero attached hydrogens (tertiary/aromatic N) is 1. The number of nitrogens with one attached hydrogen (secondary N) is 2. The van der Waals surface area contributed by atoms with Crippen molar-refractivity contribution in [2.24, 2.45) is 4.99 Å². The fourth-order valence-corrected chi connectivity index (χ4v) is 3.31. The lowest BCUT2D eigenvalue weighted by Gasteiger charge is -2.34. The molecule has 0 amide bonds. The van der Waals surface area contributed by atoms with Crippen LogP contribution in [0.5, 0.6) is 11.5 Å². The Labute approximate surface area is 198 Å². The lowest BCUT2D eigenvalue weighted by atomic mass is 9.94. The van der Waals surface area contributed by atoms with E-state index < -0.39 is 0 Å². The predicted octanol–water partition coefficient (Wildman–Crippen LogP) is 3.40. The van der Waals surface area contributed by atoms with Crippen molar-refractivity contribution in [3.63, 3.8) is 0 Å². The number of aliphatic imine (C=N–C) groups is 1. The van der Waals surface area contributed by atoms with Gasteiger partial charge in [-0.1, -0.05) is 6.07 Å². The number of methoxy groups -OCH3 is 1. The smallest absolute Gasteiger partial charge is 0.191 e. The molecule has 8 heteroatoms. The summed E-state index contributed by atoms with van der Waals surface area (Å²) in [5.74, 6) is 2.41. The Morgan fingerprint density at radius 1 is 1.07 bits per heavy atom. The van der Waals surface area contributed by atoms with Crippen LogP contribution < -0.4 is 20.1 Å². The first kappa shape index (κ1) is 26.8. The normalized spacial score (nSPS) is 15.8. The minimum atomic E-state index is -0.220. The van der Waals surface area contributed by atoms with Gasteiger partial charge in [-0.25, -0.2) is 0 Å². The van der Waals surface area contributed by atoms with Gasteiger partial charge in [0.25, 0.3) is 0 Å². The fraction of sp³-hybridized carbons (Fsp3) is 0.682. The van der Waals surface area contributed by atoms with E-state index in [0.29, 0.717) is 19.8 Å². The number of hydrogen-bond donors (Lipinski definition) is 2. The highest BCUT2D eigenvalue weighted by atomic mass is 127. The molecule has 0 bridgehead atoms. The summed E-state index contributed by atoms with van der Waals surface area (Å²) in [5, 5.41) is 6.74. The number of ether oxygens (including phenoxy) is 4. The lowest BCUT2D eigenvalue weighted by molar-refractivity contribution is -0.0828. The largest absolute Gasteiger partial charge is 0.490 e. The summed E-state index contributed by atoms with van der Waals surface area (Å²) in [5.41, 5.74) is 0.972. The van der Waals surface area contributed by atoms with Gasteiger partial charge in [0.15, 0.2) is 17.5 Å². The van der Waals surface area contributed by atoms with Crippen molar-refractivity contribution < 1.29 is 18.9 Å². The maximum absolute atomic E-state index is 5.78. The molecule has 1 aliphatic heterocycles. The van der Waals surface area contributed by atoms with E-state index in [0.717, 1.165) is 63.0 Å². The standard InChI is InChI=1S/C22H37N3O4.HI/c1-5-23-21(25-17-22(26-4)11-14-27-15-12-22)24-13-10-18-8-9-19(28-6-2)20(16-18)29-7-3;/h8-9,16H,5-7,10-15,17H2,1-4H3,(H2,23,24,25);1H.